The van der Waals surface area contributed by atoms with Crippen molar-refractivity contribution in [2.45, 2.75) is 71.9 Å². The zero-order chi connectivity index (χ0) is 14.6. The molecule has 1 aromatic carbocycles. The quantitative estimate of drug-likeness (QED) is 0.811. The molecule has 0 saturated heterocycles. The molecule has 1 N–H and O–H groups in total. The van der Waals surface area contributed by atoms with Crippen LogP contribution < -0.4 is 5.32 Å². The van der Waals surface area contributed by atoms with Crippen molar-refractivity contribution in [2.75, 3.05) is 0 Å². The Kier molecular flexibility index (Phi) is 5.26. The van der Waals surface area contributed by atoms with E-state index in [1.807, 2.05) is 0 Å². The van der Waals surface area contributed by atoms with E-state index in [0.29, 0.717) is 17.5 Å². The highest BCUT2D eigenvalue weighted by atomic mass is 14.9. The van der Waals surface area contributed by atoms with Gasteiger partial charge in [0.25, 0.3) is 0 Å². The number of nitrogens with one attached hydrogen (secondary N) is 1. The molecule has 0 heterocycles. The molecule has 2 rings (SSSR count). The van der Waals surface area contributed by atoms with Crippen LogP contribution in [-0.2, 0) is 6.42 Å². The van der Waals surface area contributed by atoms with Gasteiger partial charge in [-0.25, -0.2) is 0 Å². The predicted molar refractivity (Wildman–Crippen MR) is 87.9 cm³/mol. The third kappa shape index (κ3) is 4.94. The van der Waals surface area contributed by atoms with Crippen molar-refractivity contribution in [1.82, 2.24) is 5.32 Å². The van der Waals surface area contributed by atoms with Gasteiger partial charge in [-0.2, -0.15) is 0 Å². The molecule has 0 aliphatic heterocycles. The predicted octanol–water partition coefficient (Wildman–Crippen LogP) is 4.81. The Morgan fingerprint density at radius 2 is 1.90 bits per heavy atom. The van der Waals surface area contributed by atoms with Gasteiger partial charge in [0, 0.05) is 12.1 Å². The summed E-state index contributed by atoms with van der Waals surface area (Å²) in [5, 5.41) is 3.88. The molecule has 1 aliphatic rings. The molecule has 1 aromatic rings. The topological polar surface area (TPSA) is 12.0 Å². The van der Waals surface area contributed by atoms with E-state index >= 15 is 0 Å². The molecule has 0 amide bonds. The van der Waals surface area contributed by atoms with E-state index in [1.54, 1.807) is 0 Å². The minimum atomic E-state index is 0.508. The van der Waals surface area contributed by atoms with Crippen LogP contribution in [-0.4, -0.2) is 12.1 Å². The third-order valence-corrected chi connectivity index (χ3v) is 4.62. The maximum atomic E-state index is 3.88. The van der Waals surface area contributed by atoms with Crippen LogP contribution in [0.15, 0.2) is 30.3 Å². The molecule has 0 radical (unpaired) electrons. The van der Waals surface area contributed by atoms with Gasteiger partial charge in [0.15, 0.2) is 0 Å². The molecular weight excluding hydrogens is 242 g/mol. The largest absolute Gasteiger partial charge is 0.311 e. The Morgan fingerprint density at radius 3 is 2.55 bits per heavy atom. The first kappa shape index (κ1) is 15.6. The van der Waals surface area contributed by atoms with Crippen LogP contribution in [0, 0.1) is 11.3 Å². The number of hydrogen-bond acceptors (Lipinski definition) is 1. The molecule has 1 saturated carbocycles. The van der Waals surface area contributed by atoms with Crippen LogP contribution in [0.2, 0.25) is 0 Å². The number of benzene rings is 1. The molecule has 3 atom stereocenters. The lowest BCUT2D eigenvalue weighted by Crippen LogP contribution is -2.44. The molecule has 112 valence electrons. The van der Waals surface area contributed by atoms with Gasteiger partial charge in [-0.1, -0.05) is 51.1 Å². The Bertz CT molecular complexity index is 395. The van der Waals surface area contributed by atoms with Crippen LogP contribution in [0.25, 0.3) is 0 Å². The summed E-state index contributed by atoms with van der Waals surface area (Å²) in [6.45, 7) is 9.59. The Hall–Kier alpha value is -0.820. The van der Waals surface area contributed by atoms with E-state index in [9.17, 15) is 0 Å². The fourth-order valence-corrected chi connectivity index (χ4v) is 3.99. The van der Waals surface area contributed by atoms with Crippen molar-refractivity contribution in [3.8, 4) is 0 Å². The molecule has 0 aromatic heterocycles. The molecule has 1 nitrogen and oxygen atoms in total. The monoisotopic (exact) mass is 273 g/mol. The van der Waals surface area contributed by atoms with E-state index in [1.165, 1.54) is 37.7 Å². The summed E-state index contributed by atoms with van der Waals surface area (Å²) in [4.78, 5) is 0. The van der Waals surface area contributed by atoms with Crippen LogP contribution >= 0.6 is 0 Å². The van der Waals surface area contributed by atoms with Crippen molar-refractivity contribution in [1.29, 1.82) is 0 Å². The van der Waals surface area contributed by atoms with Crippen LogP contribution in [0.3, 0.4) is 0 Å². The molecule has 20 heavy (non-hydrogen) atoms. The van der Waals surface area contributed by atoms with Crippen molar-refractivity contribution in [3.63, 3.8) is 0 Å². The van der Waals surface area contributed by atoms with Gasteiger partial charge in [0.05, 0.1) is 0 Å². The zero-order valence-electron chi connectivity index (χ0n) is 13.7. The smallest absolute Gasteiger partial charge is 0.00771 e. The minimum absolute atomic E-state index is 0.508. The van der Waals surface area contributed by atoms with Crippen molar-refractivity contribution < 1.29 is 0 Å². The summed E-state index contributed by atoms with van der Waals surface area (Å²) in [5.41, 5.74) is 1.97. The Morgan fingerprint density at radius 1 is 1.20 bits per heavy atom. The molecule has 1 aliphatic carbocycles. The molecule has 1 heteroatoms. The van der Waals surface area contributed by atoms with Crippen molar-refractivity contribution in [2.24, 2.45) is 11.3 Å². The fourth-order valence-electron chi connectivity index (χ4n) is 3.99. The average Bonchev–Trinajstić information content (AvgIpc) is 2.35. The van der Waals surface area contributed by atoms with E-state index in [2.05, 4.69) is 63.3 Å². The average molecular weight is 273 g/mol. The first-order chi connectivity index (χ1) is 9.44. The third-order valence-electron chi connectivity index (χ3n) is 4.62. The van der Waals surface area contributed by atoms with E-state index < -0.39 is 0 Å². The highest BCUT2D eigenvalue weighted by Gasteiger charge is 2.32. The van der Waals surface area contributed by atoms with Gasteiger partial charge < -0.3 is 5.32 Å². The van der Waals surface area contributed by atoms with Gasteiger partial charge in [-0.05, 0) is 55.9 Å². The van der Waals surface area contributed by atoms with Gasteiger partial charge in [-0.15, -0.1) is 0 Å². The Labute approximate surface area is 125 Å². The van der Waals surface area contributed by atoms with E-state index in [-0.39, 0.29) is 0 Å². The van der Waals surface area contributed by atoms with E-state index in [4.69, 9.17) is 0 Å². The summed E-state index contributed by atoms with van der Waals surface area (Å²) < 4.78 is 0. The number of aryl methyl sites for hydroxylation is 1. The number of hydrogen-bond donors (Lipinski definition) is 1. The second-order valence-corrected chi connectivity index (χ2v) is 7.70. The number of rotatable bonds is 5. The summed E-state index contributed by atoms with van der Waals surface area (Å²) in [6.07, 6.45) is 6.46. The lowest BCUT2D eigenvalue weighted by molar-refractivity contribution is 0.144. The highest BCUT2D eigenvalue weighted by Crippen LogP contribution is 2.38. The summed E-state index contributed by atoms with van der Waals surface area (Å²) >= 11 is 0. The summed E-state index contributed by atoms with van der Waals surface area (Å²) in [5.74, 6) is 0.859. The SMILES string of the molecule is CC1CC(NC(C)CCc2ccccc2)CC(C)(C)C1. The van der Waals surface area contributed by atoms with Crippen molar-refractivity contribution in [3.05, 3.63) is 35.9 Å². The van der Waals surface area contributed by atoms with Gasteiger partial charge in [0.1, 0.15) is 0 Å². The molecule has 1 fully saturated rings. The Balaban J connectivity index is 1.78. The maximum absolute atomic E-state index is 3.88. The van der Waals surface area contributed by atoms with Gasteiger partial charge in [0.2, 0.25) is 0 Å². The maximum Gasteiger partial charge on any atom is 0.00771 e. The molecular formula is C19H31N. The van der Waals surface area contributed by atoms with Crippen LogP contribution in [0.4, 0.5) is 0 Å². The molecule has 3 unspecified atom stereocenters. The first-order valence-corrected chi connectivity index (χ1v) is 8.24. The normalized spacial score (nSPS) is 27.2. The lowest BCUT2D eigenvalue weighted by Gasteiger charge is -2.40. The molecule has 0 spiro atoms. The van der Waals surface area contributed by atoms with E-state index in [0.717, 1.165) is 5.92 Å². The van der Waals surface area contributed by atoms with Crippen LogP contribution in [0.1, 0.15) is 58.9 Å². The second kappa shape index (κ2) is 6.76. The standard InChI is InChI=1S/C19H31N/c1-15-12-18(14-19(3,4)13-15)20-16(2)10-11-17-8-6-5-7-9-17/h5-9,15-16,18,20H,10-14H2,1-4H3. The fraction of sp³-hybridized carbons (Fsp3) is 0.684. The minimum Gasteiger partial charge on any atom is -0.311 e. The molecule has 0 bridgehead atoms. The lowest BCUT2D eigenvalue weighted by atomic mass is 9.70. The zero-order valence-corrected chi connectivity index (χ0v) is 13.7. The van der Waals surface area contributed by atoms with Gasteiger partial charge >= 0.3 is 0 Å². The highest BCUT2D eigenvalue weighted by molar-refractivity contribution is 5.14. The second-order valence-electron chi connectivity index (χ2n) is 7.70. The van der Waals surface area contributed by atoms with Crippen molar-refractivity contribution >= 4 is 0 Å². The summed E-state index contributed by atoms with van der Waals surface area (Å²) in [7, 11) is 0. The van der Waals surface area contributed by atoms with Gasteiger partial charge in [-0.3, -0.25) is 0 Å². The first-order valence-electron chi connectivity index (χ1n) is 8.24. The van der Waals surface area contributed by atoms with Crippen LogP contribution in [0.5, 0.6) is 0 Å². The summed E-state index contributed by atoms with van der Waals surface area (Å²) in [6, 6.07) is 12.2.